The zero-order valence-corrected chi connectivity index (χ0v) is 44.3. The van der Waals surface area contributed by atoms with Gasteiger partial charge in [-0.15, -0.1) is 0 Å². The van der Waals surface area contributed by atoms with Gasteiger partial charge in [0, 0.05) is 24.5 Å². The van der Waals surface area contributed by atoms with Gasteiger partial charge in [-0.2, -0.15) is 0 Å². The Balaban J connectivity index is 0.895. The number of hydrogen-bond acceptors (Lipinski definition) is 8. The summed E-state index contributed by atoms with van der Waals surface area (Å²) in [5.41, 5.74) is 11.6. The van der Waals surface area contributed by atoms with Crippen LogP contribution in [0.15, 0.2) is 109 Å². The monoisotopic (exact) mass is 1020 g/mol. The van der Waals surface area contributed by atoms with E-state index in [1.165, 1.54) is 47.6 Å². The fraction of sp³-hybridized carbons (Fsp3) is 0.419. The van der Waals surface area contributed by atoms with Crippen molar-refractivity contribution in [3.8, 4) is 22.3 Å². The predicted molar refractivity (Wildman–Crippen MR) is 290 cm³/mol. The molecule has 394 valence electrons. The molecule has 2 spiro atoms. The molecule has 2 saturated heterocycles. The third-order valence-corrected chi connectivity index (χ3v) is 17.7. The van der Waals surface area contributed by atoms with Crippen LogP contribution < -0.4 is 21.3 Å². The number of ether oxygens (including phenoxy) is 2. The number of carbonyl (C=O) groups excluding carboxylic acids is 6. The number of amides is 6. The van der Waals surface area contributed by atoms with Gasteiger partial charge in [-0.05, 0) is 166 Å². The van der Waals surface area contributed by atoms with E-state index in [4.69, 9.17) is 9.47 Å². The van der Waals surface area contributed by atoms with Crippen LogP contribution in [0.2, 0.25) is 0 Å². The van der Waals surface area contributed by atoms with Crippen molar-refractivity contribution in [2.75, 3.05) is 37.9 Å². The van der Waals surface area contributed by atoms with E-state index in [2.05, 4.69) is 73.2 Å². The Morgan fingerprint density at radius 1 is 0.513 bits per heavy atom. The summed E-state index contributed by atoms with van der Waals surface area (Å²) in [6, 6.07) is 30.9. The molecule has 11 rings (SSSR count). The molecule has 4 N–H and O–H groups in total. The molecule has 5 aromatic rings. The van der Waals surface area contributed by atoms with Crippen LogP contribution in [0.5, 0.6) is 0 Å². The summed E-state index contributed by atoms with van der Waals surface area (Å²) in [5.74, 6) is -1.21. The van der Waals surface area contributed by atoms with Crippen LogP contribution in [0.25, 0.3) is 22.3 Å². The van der Waals surface area contributed by atoms with Gasteiger partial charge in [0.1, 0.15) is 24.2 Å². The summed E-state index contributed by atoms with van der Waals surface area (Å²) in [5, 5.41) is 11.9. The number of carbonyl (C=O) groups is 6. The van der Waals surface area contributed by atoms with Crippen LogP contribution in [0.3, 0.4) is 0 Å². The molecule has 5 aromatic carbocycles. The van der Waals surface area contributed by atoms with Crippen molar-refractivity contribution < 1.29 is 38.2 Å². The molecule has 6 aliphatic rings. The average molecular weight is 1030 g/mol. The maximum absolute atomic E-state index is 14.6. The quantitative estimate of drug-likeness (QED) is 0.0955. The molecule has 14 nitrogen and oxygen atoms in total. The lowest BCUT2D eigenvalue weighted by atomic mass is 9.73. The van der Waals surface area contributed by atoms with E-state index < -0.39 is 36.4 Å². The van der Waals surface area contributed by atoms with Gasteiger partial charge < -0.3 is 40.5 Å². The minimum atomic E-state index is -1.02. The minimum absolute atomic E-state index is 0.117. The molecule has 0 aromatic heterocycles. The number of nitrogens with one attached hydrogen (secondary N) is 4. The molecule has 2 saturated carbocycles. The first kappa shape index (κ1) is 50.7. The number of alkyl carbamates (subject to hydrolysis) is 2. The molecule has 0 bridgehead atoms. The van der Waals surface area contributed by atoms with E-state index in [9.17, 15) is 28.8 Å². The number of likely N-dealkylation sites (tertiary alicyclic amines) is 2. The Morgan fingerprint density at radius 3 is 1.25 bits per heavy atom. The van der Waals surface area contributed by atoms with Gasteiger partial charge >= 0.3 is 12.2 Å². The summed E-state index contributed by atoms with van der Waals surface area (Å²) in [6.07, 6.45) is 7.01. The number of nitrogens with zero attached hydrogens (tertiary/aromatic N) is 2. The van der Waals surface area contributed by atoms with Gasteiger partial charge in [-0.25, -0.2) is 9.59 Å². The first-order valence-corrected chi connectivity index (χ1v) is 26.9. The van der Waals surface area contributed by atoms with Gasteiger partial charge in [0.15, 0.2) is 0 Å². The summed E-state index contributed by atoms with van der Waals surface area (Å²) < 4.78 is 9.84. The van der Waals surface area contributed by atoms with E-state index in [0.29, 0.717) is 48.4 Å². The molecule has 4 atom stereocenters. The van der Waals surface area contributed by atoms with Crippen LogP contribution in [0, 0.1) is 10.8 Å². The number of rotatable bonds is 12. The number of benzene rings is 5. The topological polar surface area (TPSA) is 175 Å². The van der Waals surface area contributed by atoms with E-state index in [1.54, 1.807) is 34.1 Å². The van der Waals surface area contributed by atoms with Crippen LogP contribution in [0.1, 0.15) is 125 Å². The van der Waals surface area contributed by atoms with Gasteiger partial charge in [-0.3, -0.25) is 19.2 Å². The highest BCUT2D eigenvalue weighted by atomic mass is 16.5. The van der Waals surface area contributed by atoms with Crippen molar-refractivity contribution in [1.82, 2.24) is 20.4 Å². The lowest BCUT2D eigenvalue weighted by Crippen LogP contribution is -2.48. The fourth-order valence-electron chi connectivity index (χ4n) is 13.2. The third kappa shape index (κ3) is 9.38. The summed E-state index contributed by atoms with van der Waals surface area (Å²) in [6.45, 7) is 10.2. The highest BCUT2D eigenvalue weighted by molar-refractivity contribution is 6.01. The van der Waals surface area contributed by atoms with Gasteiger partial charge in [0.05, 0.1) is 14.2 Å². The third-order valence-electron chi connectivity index (χ3n) is 17.7. The van der Waals surface area contributed by atoms with Crippen LogP contribution in [-0.4, -0.2) is 85.0 Å². The van der Waals surface area contributed by atoms with Crippen molar-refractivity contribution in [1.29, 1.82) is 0 Å². The molecule has 4 fully saturated rings. The standard InChI is InChI=1S/C62H68N6O8/c1-59(2)25-23-43-48(40-20-14-22-42(32-40)64-54(70)46-34-62(29-30-62)36-68(46)56(72)52(66-58(74)76-6)38-17-11-8-12-18-38)50-44(24-26-60(50,3)4)47(49(43)59)39-19-13-21-41(31-39)63-53(69)45-33-61(27-28-61)35-67(45)55(71)51(65-57(73)75-5)37-15-9-7-10-16-37/h7-22,31-32,45-46,51-52H,23-30,33-36H2,1-6H3,(H,63,69)(H,64,70)(H,65,73)(H,66,74)/t45-,46-,51+,52?/m0/s1. The zero-order valence-electron chi connectivity index (χ0n) is 44.3. The lowest BCUT2D eigenvalue weighted by Gasteiger charge is -2.31. The minimum Gasteiger partial charge on any atom is -0.453 e. The Labute approximate surface area is 444 Å². The van der Waals surface area contributed by atoms with E-state index in [1.807, 2.05) is 60.7 Å². The van der Waals surface area contributed by atoms with E-state index >= 15 is 0 Å². The molecular formula is C62H68N6O8. The Hall–Kier alpha value is -7.48. The second-order valence-corrected chi connectivity index (χ2v) is 23.7. The number of anilines is 2. The summed E-state index contributed by atoms with van der Waals surface area (Å²) >= 11 is 0. The van der Waals surface area contributed by atoms with Crippen molar-refractivity contribution in [2.24, 2.45) is 10.8 Å². The maximum atomic E-state index is 14.6. The second kappa shape index (κ2) is 19.3. The van der Waals surface area contributed by atoms with Gasteiger partial charge in [0.2, 0.25) is 11.8 Å². The molecule has 0 radical (unpaired) electrons. The number of hydrogen-bond donors (Lipinski definition) is 4. The molecule has 4 aliphatic carbocycles. The van der Waals surface area contributed by atoms with Crippen molar-refractivity contribution in [3.05, 3.63) is 143 Å². The van der Waals surface area contributed by atoms with E-state index in [0.717, 1.165) is 62.5 Å². The van der Waals surface area contributed by atoms with Crippen LogP contribution in [-0.2, 0) is 52.3 Å². The number of fused-ring (bicyclic) bond motifs is 2. The second-order valence-electron chi connectivity index (χ2n) is 23.7. The van der Waals surface area contributed by atoms with Crippen molar-refractivity contribution >= 4 is 47.2 Å². The highest BCUT2D eigenvalue weighted by Crippen LogP contribution is 2.58. The molecule has 1 unspecified atom stereocenters. The average Bonchev–Trinajstić information content (AvgIpc) is 4.25. The van der Waals surface area contributed by atoms with Crippen LogP contribution >= 0.6 is 0 Å². The first-order chi connectivity index (χ1) is 36.4. The first-order valence-electron chi connectivity index (χ1n) is 26.9. The predicted octanol–water partition coefficient (Wildman–Crippen LogP) is 10.3. The molecule has 76 heavy (non-hydrogen) atoms. The Morgan fingerprint density at radius 2 is 0.895 bits per heavy atom. The largest absolute Gasteiger partial charge is 0.453 e. The molecule has 2 aliphatic heterocycles. The normalized spacial score (nSPS) is 21.2. The SMILES string of the molecule is COC(=O)NC(C(=O)N1CC2(CC2)C[C@H]1C(=O)Nc1cccc(-c2c3c(c(-c4cccc(NC(=O)[C@@H]5CC6(CC6)CN5C(=O)[C@H](NC(=O)OC)c5ccccc5)c4)c4c2C(C)(C)CC4)C(C)(C)CC3)c1)c1ccccc1. The van der Waals surface area contributed by atoms with Crippen LogP contribution in [0.4, 0.5) is 21.0 Å². The summed E-state index contributed by atoms with van der Waals surface area (Å²) in [4.78, 5) is 86.6. The number of methoxy groups -OCH3 is 2. The molecular weight excluding hydrogens is 957 g/mol. The molecule has 2 heterocycles. The smallest absolute Gasteiger partial charge is 0.407 e. The van der Waals surface area contributed by atoms with E-state index in [-0.39, 0.29) is 45.3 Å². The zero-order chi connectivity index (χ0) is 53.3. The molecule has 6 amide bonds. The lowest BCUT2D eigenvalue weighted by molar-refractivity contribution is -0.138. The van der Waals surface area contributed by atoms with Gasteiger partial charge in [-0.1, -0.05) is 113 Å². The summed E-state index contributed by atoms with van der Waals surface area (Å²) in [7, 11) is 2.53. The Kier molecular flexibility index (Phi) is 12.8. The highest BCUT2D eigenvalue weighted by Gasteiger charge is 2.57. The maximum Gasteiger partial charge on any atom is 0.407 e. The van der Waals surface area contributed by atoms with Gasteiger partial charge in [0.25, 0.3) is 11.8 Å². The van der Waals surface area contributed by atoms with Crippen molar-refractivity contribution in [2.45, 2.75) is 127 Å². The fourth-order valence-corrected chi connectivity index (χ4v) is 13.2. The Bertz CT molecular complexity index is 2950. The van der Waals surface area contributed by atoms with Crippen molar-refractivity contribution in [3.63, 3.8) is 0 Å². The molecule has 14 heteroatoms.